The largest absolute Gasteiger partial charge is 0.452 e. The predicted molar refractivity (Wildman–Crippen MR) is 122 cm³/mol. The first kappa shape index (κ1) is 24.9. The minimum absolute atomic E-state index is 0.0725. The molecule has 2 amide bonds. The van der Waals surface area contributed by atoms with Crippen molar-refractivity contribution in [2.45, 2.75) is 18.1 Å². The van der Waals surface area contributed by atoms with Crippen molar-refractivity contribution in [2.75, 3.05) is 17.7 Å². The number of nitrogens with one attached hydrogen (secondary N) is 2. The molecule has 11 heteroatoms. The standard InChI is InChI=1S/C23H22F2N4O4S/c1-14(16-8-7-15(24)11-18(16)25)27-20(30)12-33-22(32)17-5-3-4-6-19(17)28-21(31)13-34-23-26-9-10-29(23)2/h3-11,14H,12-13H2,1-2H3,(H,27,30)(H,28,31). The number of esters is 1. The number of nitrogens with zero attached hydrogens (tertiary/aromatic N) is 2. The molecule has 8 nitrogen and oxygen atoms in total. The van der Waals surface area contributed by atoms with Crippen molar-refractivity contribution in [2.24, 2.45) is 7.05 Å². The van der Waals surface area contributed by atoms with Crippen LogP contribution in [-0.2, 0) is 21.4 Å². The second-order valence-electron chi connectivity index (χ2n) is 7.23. The molecule has 1 atom stereocenters. The second kappa shape index (κ2) is 11.4. The number of carbonyl (C=O) groups is 3. The number of aromatic nitrogens is 2. The van der Waals surface area contributed by atoms with E-state index in [0.717, 1.165) is 12.1 Å². The van der Waals surface area contributed by atoms with E-state index in [0.29, 0.717) is 5.16 Å². The summed E-state index contributed by atoms with van der Waals surface area (Å²) >= 11 is 1.24. The van der Waals surface area contributed by atoms with E-state index in [1.165, 1.54) is 30.8 Å². The van der Waals surface area contributed by atoms with Gasteiger partial charge in [0.15, 0.2) is 11.8 Å². The summed E-state index contributed by atoms with van der Waals surface area (Å²) in [5, 5.41) is 5.81. The molecule has 1 heterocycles. The van der Waals surface area contributed by atoms with Crippen LogP contribution in [0, 0.1) is 11.6 Å². The molecule has 34 heavy (non-hydrogen) atoms. The molecular weight excluding hydrogens is 466 g/mol. The third-order valence-electron chi connectivity index (χ3n) is 4.67. The van der Waals surface area contributed by atoms with Crippen LogP contribution < -0.4 is 10.6 Å². The average Bonchev–Trinajstić information content (AvgIpc) is 3.21. The molecule has 2 N–H and O–H groups in total. The van der Waals surface area contributed by atoms with Crippen LogP contribution in [0.25, 0.3) is 0 Å². The van der Waals surface area contributed by atoms with Gasteiger partial charge >= 0.3 is 5.97 Å². The van der Waals surface area contributed by atoms with E-state index >= 15 is 0 Å². The summed E-state index contributed by atoms with van der Waals surface area (Å²) in [6.07, 6.45) is 3.39. The Labute approximate surface area is 198 Å². The summed E-state index contributed by atoms with van der Waals surface area (Å²) in [7, 11) is 1.81. The zero-order chi connectivity index (χ0) is 24.7. The first-order valence-electron chi connectivity index (χ1n) is 10.1. The fourth-order valence-electron chi connectivity index (χ4n) is 3.00. The van der Waals surface area contributed by atoms with E-state index in [-0.39, 0.29) is 28.5 Å². The van der Waals surface area contributed by atoms with E-state index in [4.69, 9.17) is 4.74 Å². The molecule has 3 rings (SSSR count). The van der Waals surface area contributed by atoms with Crippen molar-refractivity contribution in [1.82, 2.24) is 14.9 Å². The van der Waals surface area contributed by atoms with Crippen LogP contribution in [0.3, 0.4) is 0 Å². The van der Waals surface area contributed by atoms with E-state index in [1.807, 2.05) is 7.05 Å². The van der Waals surface area contributed by atoms with Gasteiger partial charge in [-0.1, -0.05) is 30.0 Å². The monoisotopic (exact) mass is 488 g/mol. The molecule has 178 valence electrons. The Morgan fingerprint density at radius 1 is 1.15 bits per heavy atom. The van der Waals surface area contributed by atoms with Gasteiger partial charge in [-0.2, -0.15) is 0 Å². The molecule has 2 aromatic carbocycles. The Morgan fingerprint density at radius 3 is 2.62 bits per heavy atom. The Morgan fingerprint density at radius 2 is 1.91 bits per heavy atom. The molecule has 0 fully saturated rings. The fraction of sp³-hybridized carbons (Fsp3) is 0.217. The lowest BCUT2D eigenvalue weighted by Gasteiger charge is -2.15. The van der Waals surface area contributed by atoms with Crippen LogP contribution in [0.15, 0.2) is 60.0 Å². The van der Waals surface area contributed by atoms with Gasteiger partial charge in [0.25, 0.3) is 5.91 Å². The lowest BCUT2D eigenvalue weighted by Crippen LogP contribution is -2.31. The second-order valence-corrected chi connectivity index (χ2v) is 8.18. The molecule has 1 aromatic heterocycles. The maximum Gasteiger partial charge on any atom is 0.340 e. The average molecular weight is 489 g/mol. The first-order chi connectivity index (χ1) is 16.2. The number of anilines is 1. The third-order valence-corrected chi connectivity index (χ3v) is 5.73. The minimum Gasteiger partial charge on any atom is -0.452 e. The highest BCUT2D eigenvalue weighted by atomic mass is 32.2. The van der Waals surface area contributed by atoms with Crippen molar-refractivity contribution in [1.29, 1.82) is 0 Å². The number of ether oxygens (including phenoxy) is 1. The number of para-hydroxylation sites is 1. The van der Waals surface area contributed by atoms with Crippen LogP contribution in [0.5, 0.6) is 0 Å². The molecule has 0 saturated carbocycles. The Bertz CT molecular complexity index is 1200. The van der Waals surface area contributed by atoms with Gasteiger partial charge in [-0.15, -0.1) is 0 Å². The molecule has 1 unspecified atom stereocenters. The fourth-order valence-corrected chi connectivity index (χ4v) is 3.73. The molecule has 0 spiro atoms. The first-order valence-corrected chi connectivity index (χ1v) is 11.1. The zero-order valence-electron chi connectivity index (χ0n) is 18.4. The Kier molecular flexibility index (Phi) is 8.36. The van der Waals surface area contributed by atoms with Crippen LogP contribution in [0.1, 0.15) is 28.9 Å². The number of hydrogen-bond donors (Lipinski definition) is 2. The van der Waals surface area contributed by atoms with Crippen LogP contribution in [0.2, 0.25) is 0 Å². The minimum atomic E-state index is -0.816. The van der Waals surface area contributed by atoms with Crippen LogP contribution in [-0.4, -0.2) is 39.7 Å². The van der Waals surface area contributed by atoms with E-state index in [2.05, 4.69) is 15.6 Å². The maximum absolute atomic E-state index is 13.9. The van der Waals surface area contributed by atoms with E-state index in [1.54, 1.807) is 35.2 Å². The zero-order valence-corrected chi connectivity index (χ0v) is 19.2. The van der Waals surface area contributed by atoms with Gasteiger partial charge in [0, 0.05) is 31.1 Å². The molecule has 0 radical (unpaired) electrons. The molecule has 0 saturated heterocycles. The number of halogens is 2. The van der Waals surface area contributed by atoms with Gasteiger partial charge < -0.3 is 19.9 Å². The van der Waals surface area contributed by atoms with Gasteiger partial charge in [-0.3, -0.25) is 9.59 Å². The summed E-state index contributed by atoms with van der Waals surface area (Å²) in [4.78, 5) is 41.1. The number of amides is 2. The van der Waals surface area contributed by atoms with E-state index in [9.17, 15) is 23.2 Å². The van der Waals surface area contributed by atoms with Crippen molar-refractivity contribution < 1.29 is 27.9 Å². The lowest BCUT2D eigenvalue weighted by atomic mass is 10.1. The van der Waals surface area contributed by atoms with Gasteiger partial charge in [0.2, 0.25) is 5.91 Å². The van der Waals surface area contributed by atoms with Crippen molar-refractivity contribution in [3.05, 3.63) is 77.6 Å². The van der Waals surface area contributed by atoms with E-state index < -0.39 is 36.2 Å². The number of imidazole rings is 1. The smallest absolute Gasteiger partial charge is 0.340 e. The van der Waals surface area contributed by atoms with Gasteiger partial charge in [0.1, 0.15) is 11.6 Å². The van der Waals surface area contributed by atoms with Crippen molar-refractivity contribution in [3.63, 3.8) is 0 Å². The summed E-state index contributed by atoms with van der Waals surface area (Å²) in [5.74, 6) is -3.28. The molecule has 0 aliphatic carbocycles. The quantitative estimate of drug-likeness (QED) is 0.353. The maximum atomic E-state index is 13.9. The molecule has 0 bridgehead atoms. The third kappa shape index (κ3) is 6.64. The SMILES string of the molecule is CC(NC(=O)COC(=O)c1ccccc1NC(=O)CSc1nccn1C)c1ccc(F)cc1F. The highest BCUT2D eigenvalue weighted by Gasteiger charge is 2.18. The van der Waals surface area contributed by atoms with Gasteiger partial charge in [-0.05, 0) is 25.1 Å². The number of carbonyl (C=O) groups excluding carboxylic acids is 3. The molecule has 0 aliphatic rings. The summed E-state index contributed by atoms with van der Waals surface area (Å²) in [5.41, 5.74) is 0.404. The van der Waals surface area contributed by atoms with Crippen LogP contribution in [0.4, 0.5) is 14.5 Å². The highest BCUT2D eigenvalue weighted by Crippen LogP contribution is 2.20. The number of thioether (sulfide) groups is 1. The summed E-state index contributed by atoms with van der Waals surface area (Å²) < 4.78 is 33.8. The van der Waals surface area contributed by atoms with Crippen molar-refractivity contribution >= 4 is 35.2 Å². The number of aryl methyl sites for hydroxylation is 1. The number of benzene rings is 2. The summed E-state index contributed by atoms with van der Waals surface area (Å²) in [6, 6.07) is 8.50. The lowest BCUT2D eigenvalue weighted by molar-refractivity contribution is -0.124. The topological polar surface area (TPSA) is 102 Å². The highest BCUT2D eigenvalue weighted by molar-refractivity contribution is 7.99. The molecular formula is C23H22F2N4O4S. The number of rotatable bonds is 9. The van der Waals surface area contributed by atoms with Gasteiger partial charge in [-0.25, -0.2) is 18.6 Å². The van der Waals surface area contributed by atoms with Gasteiger partial charge in [0.05, 0.1) is 23.0 Å². The molecule has 3 aromatic rings. The predicted octanol–water partition coefficient (Wildman–Crippen LogP) is 3.46. The number of hydrogen-bond acceptors (Lipinski definition) is 6. The Balaban J connectivity index is 1.54. The molecule has 0 aliphatic heterocycles. The Hall–Kier alpha value is -3.73. The normalized spacial score (nSPS) is 11.5. The van der Waals surface area contributed by atoms with Crippen molar-refractivity contribution in [3.8, 4) is 0 Å². The summed E-state index contributed by atoms with van der Waals surface area (Å²) in [6.45, 7) is 0.896. The van der Waals surface area contributed by atoms with Crippen LogP contribution >= 0.6 is 11.8 Å².